The van der Waals surface area contributed by atoms with Crippen molar-refractivity contribution in [2.45, 2.75) is 39.2 Å². The molecule has 3 heterocycles. The van der Waals surface area contributed by atoms with E-state index in [0.29, 0.717) is 28.2 Å². The van der Waals surface area contributed by atoms with Crippen LogP contribution in [0.15, 0.2) is 29.3 Å². The monoisotopic (exact) mass is 468 g/mol. The predicted molar refractivity (Wildman–Crippen MR) is 125 cm³/mol. The molecular formula is C22H20N4O4S2. The zero-order valence-electron chi connectivity index (χ0n) is 17.3. The number of ether oxygens (including phenoxy) is 1. The zero-order chi connectivity index (χ0) is 22.2. The molecule has 3 aromatic heterocycles. The van der Waals surface area contributed by atoms with Crippen molar-refractivity contribution in [3.05, 3.63) is 50.9 Å². The number of carbonyl (C=O) groups excluding carboxylic acids is 2. The van der Waals surface area contributed by atoms with Crippen molar-refractivity contribution in [1.82, 2.24) is 14.5 Å². The molecule has 0 unspecified atom stereocenters. The second-order valence-corrected chi connectivity index (χ2v) is 9.65. The third kappa shape index (κ3) is 3.80. The first kappa shape index (κ1) is 20.8. The van der Waals surface area contributed by atoms with Crippen LogP contribution in [0, 0.1) is 0 Å². The number of carbonyl (C=O) groups is 2. The average Bonchev–Trinajstić information content (AvgIpc) is 3.36. The maximum Gasteiger partial charge on any atom is 0.338 e. The van der Waals surface area contributed by atoms with E-state index in [9.17, 15) is 14.4 Å². The number of thiophene rings is 1. The van der Waals surface area contributed by atoms with E-state index in [4.69, 9.17) is 4.74 Å². The highest BCUT2D eigenvalue weighted by Crippen LogP contribution is 2.33. The Bertz CT molecular complexity index is 1420. The molecule has 32 heavy (non-hydrogen) atoms. The van der Waals surface area contributed by atoms with Crippen LogP contribution in [-0.4, -0.2) is 33.0 Å². The van der Waals surface area contributed by atoms with Gasteiger partial charge in [0.1, 0.15) is 11.4 Å². The molecule has 1 amide bonds. The van der Waals surface area contributed by atoms with Crippen LogP contribution in [0.1, 0.15) is 40.6 Å². The number of nitrogens with one attached hydrogen (secondary N) is 1. The summed E-state index contributed by atoms with van der Waals surface area (Å²) in [6.45, 7) is 1.91. The number of hydrogen-bond donors (Lipinski definition) is 1. The Morgan fingerprint density at radius 2 is 2.06 bits per heavy atom. The Kier molecular flexibility index (Phi) is 5.48. The van der Waals surface area contributed by atoms with Crippen LogP contribution < -0.4 is 10.9 Å². The van der Waals surface area contributed by atoms with Gasteiger partial charge in [0.05, 0.1) is 34.1 Å². The number of nitrogens with zero attached hydrogens (tertiary/aromatic N) is 3. The van der Waals surface area contributed by atoms with Crippen molar-refractivity contribution in [3.8, 4) is 0 Å². The van der Waals surface area contributed by atoms with Gasteiger partial charge in [0.2, 0.25) is 5.91 Å². The van der Waals surface area contributed by atoms with Gasteiger partial charge in [-0.2, -0.15) is 0 Å². The summed E-state index contributed by atoms with van der Waals surface area (Å²) in [5.41, 5.74) is 2.04. The predicted octanol–water partition coefficient (Wildman–Crippen LogP) is 3.76. The van der Waals surface area contributed by atoms with E-state index >= 15 is 0 Å². The second-order valence-electron chi connectivity index (χ2n) is 7.54. The normalized spacial score (nSPS) is 13.3. The number of aromatic nitrogens is 3. The quantitative estimate of drug-likeness (QED) is 0.447. The lowest BCUT2D eigenvalue weighted by Crippen LogP contribution is -2.28. The number of fused-ring (bicyclic) bond motifs is 4. The number of benzene rings is 1. The van der Waals surface area contributed by atoms with E-state index in [1.54, 1.807) is 36.5 Å². The van der Waals surface area contributed by atoms with Gasteiger partial charge < -0.3 is 10.1 Å². The SMILES string of the molecule is CCOC(=O)c1ccc2nc(NC(=O)Cn3cnc4sc5c(c4c3=O)CCCC5)sc2c1. The summed E-state index contributed by atoms with van der Waals surface area (Å²) in [7, 11) is 0. The minimum absolute atomic E-state index is 0.142. The van der Waals surface area contributed by atoms with Gasteiger partial charge in [0, 0.05) is 4.88 Å². The summed E-state index contributed by atoms with van der Waals surface area (Å²) >= 11 is 2.85. The fourth-order valence-electron chi connectivity index (χ4n) is 3.93. The molecule has 5 rings (SSSR count). The summed E-state index contributed by atoms with van der Waals surface area (Å²) in [4.78, 5) is 48.4. The number of thiazole rings is 1. The fourth-order valence-corrected chi connectivity index (χ4v) is 6.07. The van der Waals surface area contributed by atoms with Crippen LogP contribution in [0.3, 0.4) is 0 Å². The van der Waals surface area contributed by atoms with Crippen molar-refractivity contribution < 1.29 is 14.3 Å². The van der Waals surface area contributed by atoms with E-state index in [1.807, 2.05) is 0 Å². The Morgan fingerprint density at radius 1 is 1.22 bits per heavy atom. The van der Waals surface area contributed by atoms with Crippen LogP contribution in [-0.2, 0) is 28.9 Å². The molecule has 1 N–H and O–H groups in total. The summed E-state index contributed by atoms with van der Waals surface area (Å²) in [6.07, 6.45) is 5.53. The van der Waals surface area contributed by atoms with Crippen LogP contribution in [0.2, 0.25) is 0 Å². The molecule has 4 aromatic rings. The average molecular weight is 469 g/mol. The van der Waals surface area contributed by atoms with Gasteiger partial charge in [0.25, 0.3) is 5.56 Å². The fraction of sp³-hybridized carbons (Fsp3) is 0.318. The van der Waals surface area contributed by atoms with E-state index in [-0.39, 0.29) is 18.0 Å². The van der Waals surface area contributed by atoms with Crippen molar-refractivity contribution >= 4 is 60.1 Å². The highest BCUT2D eigenvalue weighted by atomic mass is 32.1. The van der Waals surface area contributed by atoms with Crippen LogP contribution in [0.5, 0.6) is 0 Å². The minimum atomic E-state index is -0.397. The first-order valence-corrected chi connectivity index (χ1v) is 12.0. The number of hydrogen-bond acceptors (Lipinski definition) is 8. The lowest BCUT2D eigenvalue weighted by atomic mass is 9.97. The summed E-state index contributed by atoms with van der Waals surface area (Å²) in [5, 5.41) is 3.82. The first-order chi connectivity index (χ1) is 15.5. The van der Waals surface area contributed by atoms with E-state index < -0.39 is 5.97 Å². The molecule has 0 saturated heterocycles. The number of aryl methyl sites for hydroxylation is 2. The second kappa shape index (κ2) is 8.44. The van der Waals surface area contributed by atoms with Gasteiger partial charge in [-0.15, -0.1) is 11.3 Å². The summed E-state index contributed by atoms with van der Waals surface area (Å²) in [5.74, 6) is -0.756. The molecule has 0 bridgehead atoms. The maximum absolute atomic E-state index is 13.0. The van der Waals surface area contributed by atoms with Gasteiger partial charge in [-0.05, 0) is 56.4 Å². The standard InChI is InChI=1S/C22H20N4O4S2/c1-2-30-21(29)12-7-8-14-16(9-12)32-22(24-14)25-17(27)10-26-11-23-19-18(20(26)28)13-5-3-4-6-15(13)31-19/h7-9,11H,2-6,10H2,1H3,(H,24,25,27). The first-order valence-electron chi connectivity index (χ1n) is 10.4. The van der Waals surface area contributed by atoms with Gasteiger partial charge in [-0.25, -0.2) is 14.8 Å². The highest BCUT2D eigenvalue weighted by Gasteiger charge is 2.20. The van der Waals surface area contributed by atoms with Crippen molar-refractivity contribution in [1.29, 1.82) is 0 Å². The molecule has 1 aliphatic rings. The molecule has 0 atom stereocenters. The van der Waals surface area contributed by atoms with Gasteiger partial charge in [0.15, 0.2) is 5.13 Å². The molecular weight excluding hydrogens is 448 g/mol. The van der Waals surface area contributed by atoms with Crippen LogP contribution in [0.25, 0.3) is 20.4 Å². The highest BCUT2D eigenvalue weighted by molar-refractivity contribution is 7.22. The molecule has 164 valence electrons. The summed E-state index contributed by atoms with van der Waals surface area (Å²) in [6, 6.07) is 5.06. The number of anilines is 1. The van der Waals surface area contributed by atoms with E-state index in [1.165, 1.54) is 27.1 Å². The van der Waals surface area contributed by atoms with E-state index in [0.717, 1.165) is 40.8 Å². The molecule has 1 aromatic carbocycles. The topological polar surface area (TPSA) is 103 Å². The molecule has 8 nitrogen and oxygen atoms in total. The van der Waals surface area contributed by atoms with Crippen LogP contribution >= 0.6 is 22.7 Å². The minimum Gasteiger partial charge on any atom is -0.462 e. The smallest absolute Gasteiger partial charge is 0.338 e. The largest absolute Gasteiger partial charge is 0.462 e. The van der Waals surface area contributed by atoms with Crippen molar-refractivity contribution in [2.75, 3.05) is 11.9 Å². The molecule has 10 heteroatoms. The molecule has 0 radical (unpaired) electrons. The lowest BCUT2D eigenvalue weighted by Gasteiger charge is -2.10. The molecule has 1 aliphatic carbocycles. The molecule has 0 fully saturated rings. The van der Waals surface area contributed by atoms with Gasteiger partial charge in [-0.3, -0.25) is 14.2 Å². The van der Waals surface area contributed by atoms with E-state index in [2.05, 4.69) is 15.3 Å². The van der Waals surface area contributed by atoms with Crippen LogP contribution in [0.4, 0.5) is 5.13 Å². The Labute approximate surface area is 190 Å². The molecule has 0 aliphatic heterocycles. The Morgan fingerprint density at radius 3 is 2.91 bits per heavy atom. The summed E-state index contributed by atoms with van der Waals surface area (Å²) < 4.78 is 7.14. The maximum atomic E-state index is 13.0. The lowest BCUT2D eigenvalue weighted by molar-refractivity contribution is -0.116. The molecule has 0 spiro atoms. The van der Waals surface area contributed by atoms with Crippen molar-refractivity contribution in [3.63, 3.8) is 0 Å². The third-order valence-electron chi connectivity index (χ3n) is 5.40. The number of rotatable bonds is 5. The zero-order valence-corrected chi connectivity index (χ0v) is 19.0. The number of amides is 1. The Hall–Kier alpha value is -3.11. The van der Waals surface area contributed by atoms with Gasteiger partial charge >= 0.3 is 5.97 Å². The Balaban J connectivity index is 1.36. The third-order valence-corrected chi connectivity index (χ3v) is 7.54. The number of esters is 1. The molecule has 0 saturated carbocycles. The van der Waals surface area contributed by atoms with Crippen molar-refractivity contribution in [2.24, 2.45) is 0 Å². The van der Waals surface area contributed by atoms with Gasteiger partial charge in [-0.1, -0.05) is 11.3 Å².